The van der Waals surface area contributed by atoms with Crippen molar-refractivity contribution in [2.24, 2.45) is 0 Å². The third-order valence-electron chi connectivity index (χ3n) is 3.48. The van der Waals surface area contributed by atoms with Crippen LogP contribution >= 0.6 is 11.6 Å². The Bertz CT molecular complexity index is 505. The van der Waals surface area contributed by atoms with Crippen molar-refractivity contribution in [2.75, 3.05) is 0 Å². The van der Waals surface area contributed by atoms with E-state index < -0.39 is 34.9 Å². The summed E-state index contributed by atoms with van der Waals surface area (Å²) in [6.45, 7) is 1.27. The van der Waals surface area contributed by atoms with Crippen LogP contribution in [0.1, 0.15) is 17.3 Å². The number of alkyl halides is 1. The predicted octanol–water partition coefficient (Wildman–Crippen LogP) is -0.374. The van der Waals surface area contributed by atoms with Gasteiger partial charge in [0, 0.05) is 5.56 Å². The summed E-state index contributed by atoms with van der Waals surface area (Å²) in [7, 11) is 0. The first-order valence-corrected chi connectivity index (χ1v) is 6.36. The number of hydrogen-bond acceptors (Lipinski definition) is 6. The molecule has 1 aliphatic heterocycles. The first-order chi connectivity index (χ1) is 9.21. The second-order valence-corrected chi connectivity index (χ2v) is 5.32. The van der Waals surface area contributed by atoms with Crippen LogP contribution in [0.15, 0.2) is 30.3 Å². The summed E-state index contributed by atoms with van der Waals surface area (Å²) < 4.78 is 4.85. The molecule has 1 aromatic rings. The fourth-order valence-corrected chi connectivity index (χ4v) is 2.48. The third kappa shape index (κ3) is 2.24. The van der Waals surface area contributed by atoms with Crippen molar-refractivity contribution in [1.82, 2.24) is 0 Å². The molecule has 5 atom stereocenters. The molecule has 1 heterocycles. The molecule has 1 fully saturated rings. The highest BCUT2D eigenvalue weighted by atomic mass is 35.5. The normalized spacial score (nSPS) is 41.4. The van der Waals surface area contributed by atoms with Crippen LogP contribution in [0.5, 0.6) is 0 Å². The van der Waals surface area contributed by atoms with Crippen LogP contribution in [0.4, 0.5) is 0 Å². The van der Waals surface area contributed by atoms with Crippen molar-refractivity contribution < 1.29 is 30.0 Å². The van der Waals surface area contributed by atoms with Crippen LogP contribution in [0.3, 0.4) is 0 Å². The van der Waals surface area contributed by atoms with E-state index in [1.165, 1.54) is 19.1 Å². The quantitative estimate of drug-likeness (QED) is 0.438. The van der Waals surface area contributed by atoms with Gasteiger partial charge in [-0.2, -0.15) is 0 Å². The van der Waals surface area contributed by atoms with Crippen molar-refractivity contribution in [3.8, 4) is 0 Å². The molecule has 1 saturated heterocycles. The van der Waals surface area contributed by atoms with Gasteiger partial charge in [-0.1, -0.05) is 41.9 Å². The number of rotatable bonds is 2. The minimum atomic E-state index is -2.57. The zero-order valence-corrected chi connectivity index (χ0v) is 11.4. The standard InChI is InChI=1S/C13H15ClO6/c1-7-12(18,9(15)8-5-3-2-4-6-8)10(16)11(17)13(14,19)20-7/h2-7,10-11,16-19H,1H3/t7-,10-,11+,12+,13+/m0/s1. The van der Waals surface area contributed by atoms with Crippen molar-refractivity contribution in [1.29, 1.82) is 0 Å². The number of halogens is 1. The molecule has 110 valence electrons. The largest absolute Gasteiger partial charge is 0.387 e. The van der Waals surface area contributed by atoms with Gasteiger partial charge >= 0.3 is 0 Å². The maximum Gasteiger partial charge on any atom is 0.276 e. The van der Waals surface area contributed by atoms with Gasteiger partial charge in [-0.25, -0.2) is 0 Å². The molecule has 0 unspecified atom stereocenters. The van der Waals surface area contributed by atoms with Crippen LogP contribution in [-0.2, 0) is 4.74 Å². The van der Waals surface area contributed by atoms with Gasteiger partial charge in [0.05, 0.1) is 6.10 Å². The Kier molecular flexibility index (Phi) is 3.90. The van der Waals surface area contributed by atoms with E-state index in [9.17, 15) is 25.2 Å². The Labute approximate surface area is 120 Å². The number of carbonyl (C=O) groups excluding carboxylic acids is 1. The van der Waals surface area contributed by atoms with Crippen molar-refractivity contribution in [2.45, 2.75) is 36.1 Å². The number of ketones is 1. The second-order valence-electron chi connectivity index (χ2n) is 4.78. The van der Waals surface area contributed by atoms with Gasteiger partial charge in [0.15, 0.2) is 17.5 Å². The lowest BCUT2D eigenvalue weighted by Gasteiger charge is -2.47. The van der Waals surface area contributed by atoms with Crippen molar-refractivity contribution in [3.63, 3.8) is 0 Å². The molecule has 20 heavy (non-hydrogen) atoms. The molecule has 4 N–H and O–H groups in total. The Balaban J connectivity index is 2.41. The van der Waals surface area contributed by atoms with Crippen molar-refractivity contribution in [3.05, 3.63) is 35.9 Å². The fraction of sp³-hybridized carbons (Fsp3) is 0.462. The van der Waals surface area contributed by atoms with E-state index in [1.807, 2.05) is 0 Å². The molecule has 0 saturated carbocycles. The van der Waals surface area contributed by atoms with Crippen LogP contribution in [-0.4, -0.2) is 55.4 Å². The summed E-state index contributed by atoms with van der Waals surface area (Å²) in [6.07, 6.45) is -5.37. The molecule has 0 bridgehead atoms. The highest BCUT2D eigenvalue weighted by molar-refractivity contribution is 6.22. The molecular weight excluding hydrogens is 288 g/mol. The highest BCUT2D eigenvalue weighted by Gasteiger charge is 2.62. The number of hydrogen-bond donors (Lipinski definition) is 4. The molecule has 0 spiro atoms. The summed E-state index contributed by atoms with van der Waals surface area (Å²) in [6, 6.07) is 7.77. The monoisotopic (exact) mass is 302 g/mol. The molecule has 0 aliphatic carbocycles. The number of carbonyl (C=O) groups is 1. The van der Waals surface area contributed by atoms with E-state index in [2.05, 4.69) is 0 Å². The number of aliphatic hydroxyl groups is 4. The van der Waals surface area contributed by atoms with E-state index in [0.29, 0.717) is 0 Å². The van der Waals surface area contributed by atoms with E-state index >= 15 is 0 Å². The minimum absolute atomic E-state index is 0.136. The predicted molar refractivity (Wildman–Crippen MR) is 69.1 cm³/mol. The molecule has 0 radical (unpaired) electrons. The number of Topliss-reactive ketones (excluding diaryl/α,β-unsaturated/α-hetero) is 1. The number of aliphatic hydroxyl groups excluding tert-OH is 2. The maximum absolute atomic E-state index is 12.4. The van der Waals surface area contributed by atoms with Gasteiger partial charge in [-0.15, -0.1) is 0 Å². The van der Waals surface area contributed by atoms with E-state index in [1.54, 1.807) is 18.2 Å². The summed E-state index contributed by atoms with van der Waals surface area (Å²) in [5.74, 6) is -0.829. The third-order valence-corrected chi connectivity index (χ3v) is 3.79. The first kappa shape index (κ1) is 15.4. The lowest BCUT2D eigenvalue weighted by atomic mass is 9.79. The molecule has 7 heteroatoms. The molecular formula is C13H15ClO6. The van der Waals surface area contributed by atoms with E-state index in [4.69, 9.17) is 16.3 Å². The van der Waals surface area contributed by atoms with Gasteiger partial charge in [0.25, 0.3) is 5.25 Å². The summed E-state index contributed by atoms with van der Waals surface area (Å²) in [5, 5.41) is 37.2. The van der Waals surface area contributed by atoms with Crippen LogP contribution < -0.4 is 0 Å². The summed E-state index contributed by atoms with van der Waals surface area (Å²) in [4.78, 5) is 12.4. The van der Waals surface area contributed by atoms with Gasteiger partial charge in [-0.05, 0) is 6.92 Å². The van der Waals surface area contributed by atoms with Gasteiger partial charge in [0.1, 0.15) is 6.10 Å². The van der Waals surface area contributed by atoms with Gasteiger partial charge in [0.2, 0.25) is 0 Å². The lowest BCUT2D eigenvalue weighted by molar-refractivity contribution is -0.318. The molecule has 0 aromatic heterocycles. The second kappa shape index (κ2) is 5.07. The number of ether oxygens (including phenoxy) is 1. The lowest BCUT2D eigenvalue weighted by Crippen LogP contribution is -2.71. The Hall–Kier alpha value is -1.02. The van der Waals surface area contributed by atoms with Crippen LogP contribution in [0.2, 0.25) is 0 Å². The summed E-state index contributed by atoms with van der Waals surface area (Å²) >= 11 is 5.49. The van der Waals surface area contributed by atoms with Crippen molar-refractivity contribution >= 4 is 17.4 Å². The molecule has 2 rings (SSSR count). The van der Waals surface area contributed by atoms with Gasteiger partial charge < -0.3 is 25.2 Å². The smallest absolute Gasteiger partial charge is 0.276 e. The van der Waals surface area contributed by atoms with Crippen LogP contribution in [0.25, 0.3) is 0 Å². The molecule has 6 nitrogen and oxygen atoms in total. The minimum Gasteiger partial charge on any atom is -0.387 e. The average molecular weight is 303 g/mol. The average Bonchev–Trinajstić information content (AvgIpc) is 2.43. The Morgan fingerprint density at radius 2 is 1.75 bits per heavy atom. The van der Waals surface area contributed by atoms with E-state index in [0.717, 1.165) is 0 Å². The Morgan fingerprint density at radius 1 is 1.20 bits per heavy atom. The maximum atomic E-state index is 12.4. The SMILES string of the molecule is C[C@@H]1O[C@@](O)(Cl)[C@H](O)[C@H](O)[C@]1(O)C(=O)c1ccccc1. The zero-order valence-electron chi connectivity index (χ0n) is 10.6. The van der Waals surface area contributed by atoms with E-state index in [-0.39, 0.29) is 5.56 Å². The zero-order chi connectivity index (χ0) is 15.1. The number of benzene rings is 1. The fourth-order valence-electron chi connectivity index (χ4n) is 2.22. The molecule has 1 aliphatic rings. The highest BCUT2D eigenvalue weighted by Crippen LogP contribution is 2.38. The summed E-state index contributed by atoms with van der Waals surface area (Å²) in [5.41, 5.74) is -2.28. The topological polar surface area (TPSA) is 107 Å². The molecule has 1 aromatic carbocycles. The first-order valence-electron chi connectivity index (χ1n) is 5.98. The molecule has 0 amide bonds. The van der Waals surface area contributed by atoms with Crippen LogP contribution in [0, 0.1) is 0 Å². The Morgan fingerprint density at radius 3 is 2.30 bits per heavy atom. The van der Waals surface area contributed by atoms with Gasteiger partial charge in [-0.3, -0.25) is 4.79 Å².